The number of para-hydroxylation sites is 1. The van der Waals surface area contributed by atoms with Crippen molar-refractivity contribution in [3.05, 3.63) is 34.3 Å². The zero-order valence-corrected chi connectivity index (χ0v) is 19.1. The van der Waals surface area contributed by atoms with Gasteiger partial charge in [0.15, 0.2) is 17.5 Å². The molecule has 0 amide bonds. The van der Waals surface area contributed by atoms with Crippen molar-refractivity contribution in [3.63, 3.8) is 0 Å². The van der Waals surface area contributed by atoms with Crippen LogP contribution < -0.4 is 5.32 Å². The molecule has 12 heteroatoms. The van der Waals surface area contributed by atoms with E-state index < -0.39 is 7.59 Å². The Morgan fingerprint density at radius 1 is 0.960 bits per heavy atom. The molecule has 25 heavy (non-hydrogen) atoms. The van der Waals surface area contributed by atoms with Gasteiger partial charge in [0.05, 0.1) is 11.2 Å². The van der Waals surface area contributed by atoms with Crippen molar-refractivity contribution in [2.75, 3.05) is 5.32 Å². The van der Waals surface area contributed by atoms with Crippen LogP contribution in [0.3, 0.4) is 0 Å². The largest absolute Gasteiger partial charge is 0.368 e. The summed E-state index contributed by atoms with van der Waals surface area (Å²) in [6.07, 6.45) is 0. The number of benzene rings is 1. The lowest BCUT2D eigenvalue weighted by atomic mass is 10.1. The number of hydrogen-bond donors (Lipinski definition) is 1. The highest BCUT2D eigenvalue weighted by Gasteiger charge is 2.34. The summed E-state index contributed by atoms with van der Waals surface area (Å²) in [5, 5.41) is 3.08. The maximum atomic E-state index is 6.04. The van der Waals surface area contributed by atoms with Crippen molar-refractivity contribution in [1.82, 2.24) is 15.0 Å². The van der Waals surface area contributed by atoms with Crippen molar-refractivity contribution in [3.8, 4) is 11.4 Å². The summed E-state index contributed by atoms with van der Waals surface area (Å²) >= 11 is 44.9. The predicted molar refractivity (Wildman–Crippen MR) is 110 cm³/mol. The number of nitrogens with zero attached hydrogens (tertiary/aromatic N) is 3. The molecule has 1 unspecified atom stereocenters. The van der Waals surface area contributed by atoms with Crippen molar-refractivity contribution in [1.29, 1.82) is 0 Å². The van der Waals surface area contributed by atoms with Crippen LogP contribution in [0.15, 0.2) is 22.7 Å². The van der Waals surface area contributed by atoms with Gasteiger partial charge in [0.2, 0.25) is 7.59 Å². The Balaban J connectivity index is 2.73. The zero-order chi connectivity index (χ0) is 19.0. The maximum absolute atomic E-state index is 6.04. The SMILES string of the molecule is CC(Cl)Nc1c(Br)cccc1-c1nc(C(Cl)(Cl)Cl)nc(C(Cl)(Cl)Cl)n1. The van der Waals surface area contributed by atoms with Crippen LogP contribution in [-0.4, -0.2) is 20.5 Å². The molecule has 0 fully saturated rings. The van der Waals surface area contributed by atoms with E-state index in [4.69, 9.17) is 81.2 Å². The highest BCUT2D eigenvalue weighted by atomic mass is 79.9. The molecule has 0 aliphatic carbocycles. The average molecular weight is 548 g/mol. The van der Waals surface area contributed by atoms with Gasteiger partial charge >= 0.3 is 0 Å². The standard InChI is InChI=1S/C13H8BrCl7N4/c1-5(15)22-8-6(3-2-4-7(8)14)9-23-10(12(16,17)18)25-11(24-9)13(19,20)21/h2-5,22H,1H3. The molecule has 1 heterocycles. The molecule has 136 valence electrons. The van der Waals surface area contributed by atoms with E-state index in [2.05, 4.69) is 36.2 Å². The third kappa shape index (κ3) is 5.76. The van der Waals surface area contributed by atoms with Gasteiger partial charge in [-0.25, -0.2) is 15.0 Å². The summed E-state index contributed by atoms with van der Waals surface area (Å²) in [7, 11) is 0. The van der Waals surface area contributed by atoms with Crippen molar-refractivity contribution < 1.29 is 0 Å². The molecule has 1 aromatic heterocycles. The minimum absolute atomic E-state index is 0.152. The third-order valence-corrected chi connectivity index (χ3v) is 4.52. The summed E-state index contributed by atoms with van der Waals surface area (Å²) < 4.78 is -3.13. The van der Waals surface area contributed by atoms with E-state index in [0.717, 1.165) is 4.47 Å². The summed E-state index contributed by atoms with van der Waals surface area (Å²) in [4.78, 5) is 12.3. The molecule has 0 saturated heterocycles. The van der Waals surface area contributed by atoms with Gasteiger partial charge in [-0.15, -0.1) is 0 Å². The molecule has 0 spiro atoms. The van der Waals surface area contributed by atoms with Gasteiger partial charge in [-0.2, -0.15) is 0 Å². The summed E-state index contributed by atoms with van der Waals surface area (Å²) in [6.45, 7) is 1.76. The number of rotatable bonds is 3. The Bertz CT molecular complexity index is 742. The van der Waals surface area contributed by atoms with E-state index in [-0.39, 0.29) is 23.0 Å². The Morgan fingerprint density at radius 3 is 1.92 bits per heavy atom. The average Bonchev–Trinajstić information content (AvgIpc) is 2.46. The molecule has 0 saturated carbocycles. The molecule has 4 nitrogen and oxygen atoms in total. The van der Waals surface area contributed by atoms with Gasteiger partial charge in [0.25, 0.3) is 0 Å². The normalized spacial score (nSPS) is 13.6. The molecule has 0 radical (unpaired) electrons. The van der Waals surface area contributed by atoms with E-state index in [1.807, 2.05) is 6.07 Å². The molecule has 0 aliphatic rings. The van der Waals surface area contributed by atoms with E-state index in [1.165, 1.54) is 0 Å². The summed E-state index contributed by atoms with van der Waals surface area (Å²) in [5.74, 6) is -0.193. The van der Waals surface area contributed by atoms with E-state index in [0.29, 0.717) is 11.3 Å². The van der Waals surface area contributed by atoms with Crippen LogP contribution in [0.5, 0.6) is 0 Å². The van der Waals surface area contributed by atoms with Crippen LogP contribution in [0.4, 0.5) is 5.69 Å². The van der Waals surface area contributed by atoms with Gasteiger partial charge < -0.3 is 5.32 Å². The first-order valence-corrected chi connectivity index (χ1v) is 9.99. The fraction of sp³-hybridized carbons (Fsp3) is 0.308. The van der Waals surface area contributed by atoms with Crippen LogP contribution in [0.25, 0.3) is 11.4 Å². The van der Waals surface area contributed by atoms with Crippen LogP contribution in [0.2, 0.25) is 0 Å². The first-order chi connectivity index (χ1) is 11.4. The third-order valence-electron chi connectivity index (χ3n) is 2.74. The highest BCUT2D eigenvalue weighted by molar-refractivity contribution is 9.10. The summed E-state index contributed by atoms with van der Waals surface area (Å²) in [5.41, 5.74) is 0.802. The Kier molecular flexibility index (Phi) is 7.23. The molecule has 0 aliphatic heterocycles. The van der Waals surface area contributed by atoms with Gasteiger partial charge in [0, 0.05) is 10.0 Å². The lowest BCUT2D eigenvalue weighted by Crippen LogP contribution is -2.17. The highest BCUT2D eigenvalue weighted by Crippen LogP contribution is 2.42. The smallest absolute Gasteiger partial charge is 0.250 e. The van der Waals surface area contributed by atoms with Gasteiger partial charge in [-0.05, 0) is 35.0 Å². The van der Waals surface area contributed by atoms with Gasteiger partial charge in [0.1, 0.15) is 0 Å². The first kappa shape index (κ1) is 21.8. The molecule has 1 aromatic carbocycles. The zero-order valence-electron chi connectivity index (χ0n) is 12.2. The molecule has 1 N–H and O–H groups in total. The number of anilines is 1. The van der Waals surface area contributed by atoms with Crippen molar-refractivity contribution in [2.24, 2.45) is 0 Å². The van der Waals surface area contributed by atoms with Crippen molar-refractivity contribution in [2.45, 2.75) is 20.0 Å². The lowest BCUT2D eigenvalue weighted by molar-refractivity contribution is 0.851. The fourth-order valence-electron chi connectivity index (χ4n) is 1.81. The van der Waals surface area contributed by atoms with Crippen molar-refractivity contribution >= 4 is 103 Å². The minimum Gasteiger partial charge on any atom is -0.368 e. The van der Waals surface area contributed by atoms with E-state index in [9.17, 15) is 0 Å². The quantitative estimate of drug-likeness (QED) is 0.333. The molecule has 1 atom stereocenters. The second-order valence-electron chi connectivity index (χ2n) is 4.72. The Labute approximate surface area is 187 Å². The number of alkyl halides is 7. The summed E-state index contributed by atoms with van der Waals surface area (Å²) in [6, 6.07) is 5.33. The number of halogens is 8. The van der Waals surface area contributed by atoms with Crippen LogP contribution >= 0.6 is 97.1 Å². The molecular formula is C13H8BrCl7N4. The first-order valence-electron chi connectivity index (χ1n) is 6.49. The van der Waals surface area contributed by atoms with Gasteiger partial charge in [-0.1, -0.05) is 87.3 Å². The monoisotopic (exact) mass is 544 g/mol. The van der Waals surface area contributed by atoms with E-state index >= 15 is 0 Å². The van der Waals surface area contributed by atoms with Crippen LogP contribution in [0.1, 0.15) is 18.6 Å². The Morgan fingerprint density at radius 2 is 1.48 bits per heavy atom. The lowest BCUT2D eigenvalue weighted by Gasteiger charge is -2.18. The van der Waals surface area contributed by atoms with Crippen LogP contribution in [0, 0.1) is 0 Å². The Hall–Kier alpha value is 0.540. The maximum Gasteiger partial charge on any atom is 0.250 e. The fourth-order valence-corrected chi connectivity index (χ4v) is 2.90. The molecule has 2 aromatic rings. The van der Waals surface area contributed by atoms with Crippen LogP contribution in [-0.2, 0) is 7.59 Å². The molecule has 0 bridgehead atoms. The molecular weight excluding hydrogens is 540 g/mol. The number of aromatic nitrogens is 3. The minimum atomic E-state index is -1.93. The van der Waals surface area contributed by atoms with E-state index in [1.54, 1.807) is 19.1 Å². The second kappa shape index (κ2) is 8.27. The second-order valence-corrected chi connectivity index (χ2v) is 10.8. The van der Waals surface area contributed by atoms with Gasteiger partial charge in [-0.3, -0.25) is 0 Å². The predicted octanol–water partition coefficient (Wildman–Crippen LogP) is 6.95. The number of hydrogen-bond acceptors (Lipinski definition) is 4. The molecule has 2 rings (SSSR count). The topological polar surface area (TPSA) is 50.7 Å². The number of nitrogens with one attached hydrogen (secondary N) is 1.